The highest BCUT2D eigenvalue weighted by Crippen LogP contribution is 2.34. The molecule has 0 fully saturated rings. The zero-order chi connectivity index (χ0) is 20.2. The number of anilines is 1. The van der Waals surface area contributed by atoms with E-state index >= 15 is 0 Å². The molecule has 0 bridgehead atoms. The Morgan fingerprint density at radius 3 is 2.52 bits per heavy atom. The van der Waals surface area contributed by atoms with Gasteiger partial charge in [0.15, 0.2) is 18.1 Å². The quantitative estimate of drug-likeness (QED) is 0.362. The van der Waals surface area contributed by atoms with Crippen molar-refractivity contribution in [3.63, 3.8) is 0 Å². The number of nitrogens with zero attached hydrogens (tertiary/aromatic N) is 1. The number of amides is 1. The molecule has 0 saturated carbocycles. The molecule has 0 aliphatic rings. The molecule has 0 aliphatic heterocycles. The molecular weight excluding hydrogens is 390 g/mol. The number of methoxy groups -OCH3 is 1. The minimum atomic E-state index is -0.350. The standard InChI is InChI=1S/C22H18ClN3O3/c1-28-18-11-4-5-12-19(18)29-13-20(27)25-26-22-14-7-2-3-9-16(14)24-17-10-6-8-15(23)21(17)22/h2-12H,13H2,1H3,(H,24,26)(H,25,27). The van der Waals surface area contributed by atoms with Crippen LogP contribution in [0.25, 0.3) is 21.8 Å². The highest BCUT2D eigenvalue weighted by Gasteiger charge is 2.13. The summed E-state index contributed by atoms with van der Waals surface area (Å²) in [6.07, 6.45) is 0. The molecule has 6 nitrogen and oxygen atoms in total. The van der Waals surface area contributed by atoms with Gasteiger partial charge in [0, 0.05) is 10.8 Å². The highest BCUT2D eigenvalue weighted by atomic mass is 35.5. The Bertz CT molecular complexity index is 1200. The Hall–Kier alpha value is -3.51. The normalized spacial score (nSPS) is 10.7. The third kappa shape index (κ3) is 3.88. The largest absolute Gasteiger partial charge is 0.493 e. The van der Waals surface area contributed by atoms with Crippen molar-refractivity contribution >= 4 is 45.0 Å². The number of rotatable bonds is 6. The number of carbonyl (C=O) groups is 1. The Morgan fingerprint density at radius 2 is 1.69 bits per heavy atom. The molecule has 7 heteroatoms. The first kappa shape index (κ1) is 18.8. The van der Waals surface area contributed by atoms with E-state index in [0.29, 0.717) is 22.2 Å². The first-order chi connectivity index (χ1) is 14.2. The predicted molar refractivity (Wildman–Crippen MR) is 115 cm³/mol. The molecule has 0 unspecified atom stereocenters. The van der Waals surface area contributed by atoms with Crippen molar-refractivity contribution in [2.24, 2.45) is 0 Å². The summed E-state index contributed by atoms with van der Waals surface area (Å²) < 4.78 is 10.8. The van der Waals surface area contributed by atoms with Crippen molar-refractivity contribution in [3.8, 4) is 11.5 Å². The van der Waals surface area contributed by atoms with Gasteiger partial charge in [-0.05, 0) is 30.3 Å². The highest BCUT2D eigenvalue weighted by molar-refractivity contribution is 6.37. The van der Waals surface area contributed by atoms with Gasteiger partial charge < -0.3 is 9.47 Å². The lowest BCUT2D eigenvalue weighted by molar-refractivity contribution is -0.122. The SMILES string of the molecule is COc1ccccc1OCC(=O)NNc1c2ccccc2nc2cccc(Cl)c12. The van der Waals surface area contributed by atoms with Crippen molar-refractivity contribution in [2.45, 2.75) is 0 Å². The van der Waals surface area contributed by atoms with Gasteiger partial charge in [0.1, 0.15) is 0 Å². The summed E-state index contributed by atoms with van der Waals surface area (Å²) in [7, 11) is 1.55. The van der Waals surface area contributed by atoms with Crippen LogP contribution in [0.1, 0.15) is 0 Å². The number of hydrogen-bond donors (Lipinski definition) is 2. The maximum atomic E-state index is 12.4. The molecule has 0 aliphatic carbocycles. The second-order valence-electron chi connectivity index (χ2n) is 6.25. The second-order valence-corrected chi connectivity index (χ2v) is 6.66. The van der Waals surface area contributed by atoms with Crippen LogP contribution >= 0.6 is 11.6 Å². The van der Waals surface area contributed by atoms with Crippen molar-refractivity contribution in [2.75, 3.05) is 19.1 Å². The summed E-state index contributed by atoms with van der Waals surface area (Å²) in [4.78, 5) is 17.0. The van der Waals surface area contributed by atoms with E-state index in [9.17, 15) is 4.79 Å². The lowest BCUT2D eigenvalue weighted by Crippen LogP contribution is -2.33. The lowest BCUT2D eigenvalue weighted by atomic mass is 10.1. The molecule has 146 valence electrons. The summed E-state index contributed by atoms with van der Waals surface area (Å²) in [6, 6.07) is 20.3. The van der Waals surface area contributed by atoms with Gasteiger partial charge in [-0.15, -0.1) is 0 Å². The number of aromatic nitrogens is 1. The molecule has 1 aromatic heterocycles. The molecule has 29 heavy (non-hydrogen) atoms. The number of halogens is 1. The lowest BCUT2D eigenvalue weighted by Gasteiger charge is -2.15. The average Bonchev–Trinajstić information content (AvgIpc) is 2.75. The van der Waals surface area contributed by atoms with E-state index in [0.717, 1.165) is 21.8 Å². The molecule has 0 radical (unpaired) electrons. The third-order valence-corrected chi connectivity index (χ3v) is 4.73. The maximum absolute atomic E-state index is 12.4. The molecule has 4 rings (SSSR count). The fourth-order valence-corrected chi connectivity index (χ4v) is 3.34. The van der Waals surface area contributed by atoms with Crippen LogP contribution in [-0.4, -0.2) is 24.6 Å². The molecule has 2 N–H and O–H groups in total. The Kier molecular flexibility index (Phi) is 5.35. The number of benzene rings is 3. The molecule has 0 saturated heterocycles. The van der Waals surface area contributed by atoms with E-state index in [-0.39, 0.29) is 12.5 Å². The van der Waals surface area contributed by atoms with Crippen molar-refractivity contribution in [3.05, 3.63) is 71.8 Å². The average molecular weight is 408 g/mol. The minimum Gasteiger partial charge on any atom is -0.493 e. The van der Waals surface area contributed by atoms with Crippen molar-refractivity contribution in [1.29, 1.82) is 0 Å². The van der Waals surface area contributed by atoms with Gasteiger partial charge in [0.2, 0.25) is 0 Å². The van der Waals surface area contributed by atoms with Gasteiger partial charge in [0.05, 0.1) is 28.9 Å². The van der Waals surface area contributed by atoms with Crippen LogP contribution in [-0.2, 0) is 4.79 Å². The number of pyridine rings is 1. The zero-order valence-corrected chi connectivity index (χ0v) is 16.4. The van der Waals surface area contributed by atoms with Gasteiger partial charge in [-0.2, -0.15) is 0 Å². The number of hydrogen-bond acceptors (Lipinski definition) is 5. The number of para-hydroxylation sites is 3. The van der Waals surface area contributed by atoms with Crippen LogP contribution in [0, 0.1) is 0 Å². The van der Waals surface area contributed by atoms with Gasteiger partial charge in [-0.25, -0.2) is 4.98 Å². The molecule has 3 aromatic carbocycles. The van der Waals surface area contributed by atoms with E-state index in [2.05, 4.69) is 15.8 Å². The number of ether oxygens (including phenoxy) is 2. The Labute approximate surface area is 172 Å². The number of carbonyl (C=O) groups excluding carboxylic acids is 1. The smallest absolute Gasteiger partial charge is 0.276 e. The summed E-state index contributed by atoms with van der Waals surface area (Å²) in [6.45, 7) is -0.179. The van der Waals surface area contributed by atoms with Gasteiger partial charge >= 0.3 is 0 Å². The van der Waals surface area contributed by atoms with Crippen LogP contribution in [0.2, 0.25) is 5.02 Å². The molecule has 0 atom stereocenters. The van der Waals surface area contributed by atoms with E-state index in [4.69, 9.17) is 21.1 Å². The second kappa shape index (κ2) is 8.24. The summed E-state index contributed by atoms with van der Waals surface area (Å²) >= 11 is 6.42. The summed E-state index contributed by atoms with van der Waals surface area (Å²) in [5.41, 5.74) is 7.89. The van der Waals surface area contributed by atoms with Gasteiger partial charge in [-0.1, -0.05) is 48.0 Å². The molecule has 4 aromatic rings. The zero-order valence-electron chi connectivity index (χ0n) is 15.6. The van der Waals surface area contributed by atoms with Crippen LogP contribution in [0.15, 0.2) is 66.7 Å². The van der Waals surface area contributed by atoms with E-state index in [1.54, 1.807) is 25.3 Å². The minimum absolute atomic E-state index is 0.179. The van der Waals surface area contributed by atoms with Crippen LogP contribution in [0.3, 0.4) is 0 Å². The van der Waals surface area contributed by atoms with Crippen molar-refractivity contribution < 1.29 is 14.3 Å². The van der Waals surface area contributed by atoms with Crippen LogP contribution in [0.4, 0.5) is 5.69 Å². The first-order valence-corrected chi connectivity index (χ1v) is 9.33. The number of hydrazine groups is 1. The Morgan fingerprint density at radius 1 is 0.966 bits per heavy atom. The maximum Gasteiger partial charge on any atom is 0.276 e. The number of nitrogens with one attached hydrogen (secondary N) is 2. The Balaban J connectivity index is 1.56. The van der Waals surface area contributed by atoms with Crippen LogP contribution < -0.4 is 20.3 Å². The topological polar surface area (TPSA) is 72.5 Å². The van der Waals surface area contributed by atoms with Gasteiger partial charge in [0.25, 0.3) is 5.91 Å². The monoisotopic (exact) mass is 407 g/mol. The van der Waals surface area contributed by atoms with Gasteiger partial charge in [-0.3, -0.25) is 15.6 Å². The molecule has 1 amide bonds. The molecular formula is C22H18ClN3O3. The molecule has 0 spiro atoms. The fourth-order valence-electron chi connectivity index (χ4n) is 3.08. The summed E-state index contributed by atoms with van der Waals surface area (Å²) in [5, 5.41) is 2.13. The van der Waals surface area contributed by atoms with E-state index in [1.165, 1.54) is 0 Å². The van der Waals surface area contributed by atoms with E-state index < -0.39 is 0 Å². The van der Waals surface area contributed by atoms with E-state index in [1.807, 2.05) is 48.5 Å². The fraction of sp³-hybridized carbons (Fsp3) is 0.0909. The van der Waals surface area contributed by atoms with Crippen molar-refractivity contribution in [1.82, 2.24) is 10.4 Å². The first-order valence-electron chi connectivity index (χ1n) is 8.95. The third-order valence-electron chi connectivity index (χ3n) is 4.41. The summed E-state index contributed by atoms with van der Waals surface area (Å²) in [5.74, 6) is 0.705. The number of fused-ring (bicyclic) bond motifs is 2. The van der Waals surface area contributed by atoms with Crippen LogP contribution in [0.5, 0.6) is 11.5 Å². The molecule has 1 heterocycles. The predicted octanol–water partition coefficient (Wildman–Crippen LogP) is 4.57.